The maximum Gasteiger partial charge on any atom is 0.223 e. The summed E-state index contributed by atoms with van der Waals surface area (Å²) < 4.78 is 0. The minimum atomic E-state index is 0.450. The van der Waals surface area contributed by atoms with Gasteiger partial charge in [-0.05, 0) is 42.7 Å². The van der Waals surface area contributed by atoms with Gasteiger partial charge in [0.15, 0.2) is 0 Å². The van der Waals surface area contributed by atoms with Crippen molar-refractivity contribution in [3.63, 3.8) is 0 Å². The fraction of sp³-hybridized carbons (Fsp3) is 0.143. The number of benzene rings is 1. The van der Waals surface area contributed by atoms with E-state index >= 15 is 0 Å². The van der Waals surface area contributed by atoms with E-state index in [1.165, 1.54) is 0 Å². The van der Waals surface area contributed by atoms with Crippen LogP contribution in [-0.2, 0) is 6.42 Å². The molecule has 7 nitrogen and oxygen atoms in total. The minimum Gasteiger partial charge on any atom is -0.354 e. The lowest BCUT2D eigenvalue weighted by atomic mass is 10.1. The van der Waals surface area contributed by atoms with Gasteiger partial charge in [0, 0.05) is 25.1 Å². The quantitative estimate of drug-likeness (QED) is 0.591. The van der Waals surface area contributed by atoms with Gasteiger partial charge in [-0.1, -0.05) is 18.2 Å². The SMILES string of the molecule is Cc1cnc(NCCc2cccnc2)nc1C(C#N)=C1Nc2ccccc2N1. The van der Waals surface area contributed by atoms with E-state index < -0.39 is 0 Å². The van der Waals surface area contributed by atoms with Crippen molar-refractivity contribution in [2.24, 2.45) is 0 Å². The molecule has 0 spiro atoms. The standard InChI is InChI=1S/C21H19N7/c1-14-12-25-21(24-10-8-15-5-4-9-23-13-15)28-19(14)16(11-22)20-26-17-6-2-3-7-18(17)27-20/h2-7,9,12-13,26-27H,8,10H2,1H3,(H,24,25,28). The Morgan fingerprint density at radius 2 is 1.89 bits per heavy atom. The van der Waals surface area contributed by atoms with E-state index in [9.17, 15) is 5.26 Å². The molecule has 0 radical (unpaired) electrons. The van der Waals surface area contributed by atoms with Crippen molar-refractivity contribution >= 4 is 22.9 Å². The second-order valence-corrected chi connectivity index (χ2v) is 6.42. The lowest BCUT2D eigenvalue weighted by molar-refractivity contribution is 0.967. The summed E-state index contributed by atoms with van der Waals surface area (Å²) in [5, 5.41) is 19.5. The van der Waals surface area contributed by atoms with E-state index in [-0.39, 0.29) is 0 Å². The molecular weight excluding hydrogens is 350 g/mol. The summed E-state index contributed by atoms with van der Waals surface area (Å²) in [5.74, 6) is 1.13. The summed E-state index contributed by atoms with van der Waals surface area (Å²) >= 11 is 0. The molecule has 3 N–H and O–H groups in total. The van der Waals surface area contributed by atoms with Crippen LogP contribution in [0.15, 0.2) is 60.8 Å². The van der Waals surface area contributed by atoms with Gasteiger partial charge in [-0.15, -0.1) is 0 Å². The molecule has 1 aliphatic rings. The van der Waals surface area contributed by atoms with Crippen LogP contribution >= 0.6 is 0 Å². The van der Waals surface area contributed by atoms with E-state index in [1.807, 2.05) is 49.5 Å². The van der Waals surface area contributed by atoms with Gasteiger partial charge in [-0.25, -0.2) is 9.97 Å². The molecule has 0 saturated heterocycles. The van der Waals surface area contributed by atoms with Crippen molar-refractivity contribution < 1.29 is 0 Å². The average molecular weight is 369 g/mol. The molecule has 0 aliphatic carbocycles. The summed E-state index contributed by atoms with van der Waals surface area (Å²) in [7, 11) is 0. The second kappa shape index (κ2) is 7.76. The molecule has 0 bridgehead atoms. The number of fused-ring (bicyclic) bond motifs is 1. The average Bonchev–Trinajstić information content (AvgIpc) is 3.15. The Morgan fingerprint density at radius 3 is 2.57 bits per heavy atom. The zero-order chi connectivity index (χ0) is 19.3. The smallest absolute Gasteiger partial charge is 0.223 e. The summed E-state index contributed by atoms with van der Waals surface area (Å²) in [5.41, 5.74) is 4.90. The monoisotopic (exact) mass is 369 g/mol. The fourth-order valence-corrected chi connectivity index (χ4v) is 3.00. The molecule has 2 aromatic heterocycles. The Bertz CT molecular complexity index is 1040. The Kier molecular flexibility index (Phi) is 4.85. The largest absolute Gasteiger partial charge is 0.354 e. The van der Waals surface area contributed by atoms with Gasteiger partial charge in [0.25, 0.3) is 0 Å². The predicted molar refractivity (Wildman–Crippen MR) is 109 cm³/mol. The maximum absolute atomic E-state index is 9.78. The number of hydrogen-bond donors (Lipinski definition) is 3. The van der Waals surface area contributed by atoms with E-state index in [0.717, 1.165) is 28.9 Å². The summed E-state index contributed by atoms with van der Waals surface area (Å²) in [6.07, 6.45) is 6.14. The van der Waals surface area contributed by atoms with Crippen LogP contribution in [-0.4, -0.2) is 21.5 Å². The Morgan fingerprint density at radius 1 is 1.11 bits per heavy atom. The van der Waals surface area contributed by atoms with Crippen molar-refractivity contribution in [1.82, 2.24) is 15.0 Å². The van der Waals surface area contributed by atoms with Gasteiger partial charge < -0.3 is 16.0 Å². The van der Waals surface area contributed by atoms with Crippen molar-refractivity contribution in [3.8, 4) is 6.07 Å². The van der Waals surface area contributed by atoms with E-state index in [4.69, 9.17) is 0 Å². The number of pyridine rings is 1. The van der Waals surface area contributed by atoms with Crippen LogP contribution < -0.4 is 16.0 Å². The van der Waals surface area contributed by atoms with Crippen LogP contribution in [0.2, 0.25) is 0 Å². The van der Waals surface area contributed by atoms with Crippen LogP contribution in [0, 0.1) is 18.3 Å². The molecule has 0 fully saturated rings. The van der Waals surface area contributed by atoms with E-state index in [1.54, 1.807) is 12.4 Å². The maximum atomic E-state index is 9.78. The van der Waals surface area contributed by atoms with E-state index in [0.29, 0.717) is 29.6 Å². The zero-order valence-corrected chi connectivity index (χ0v) is 15.4. The first-order chi connectivity index (χ1) is 13.7. The van der Waals surface area contributed by atoms with Crippen molar-refractivity contribution in [2.45, 2.75) is 13.3 Å². The summed E-state index contributed by atoms with van der Waals surface area (Å²) in [6.45, 7) is 2.57. The third kappa shape index (κ3) is 3.62. The molecular formula is C21H19N7. The normalized spacial score (nSPS) is 11.8. The highest BCUT2D eigenvalue weighted by Crippen LogP contribution is 2.33. The van der Waals surface area contributed by atoms with Gasteiger partial charge >= 0.3 is 0 Å². The highest BCUT2D eigenvalue weighted by Gasteiger charge is 2.20. The summed E-state index contributed by atoms with van der Waals surface area (Å²) in [6, 6.07) is 14.0. The first kappa shape index (κ1) is 17.5. The summed E-state index contributed by atoms with van der Waals surface area (Å²) in [4.78, 5) is 13.0. The minimum absolute atomic E-state index is 0.450. The molecule has 3 heterocycles. The molecule has 0 atom stereocenters. The second-order valence-electron chi connectivity index (χ2n) is 6.42. The van der Waals surface area contributed by atoms with Crippen LogP contribution in [0.5, 0.6) is 0 Å². The topological polar surface area (TPSA) is 98.6 Å². The lowest BCUT2D eigenvalue weighted by Crippen LogP contribution is -2.11. The molecule has 28 heavy (non-hydrogen) atoms. The first-order valence-electron chi connectivity index (χ1n) is 8.99. The van der Waals surface area contributed by atoms with Gasteiger partial charge in [0.05, 0.1) is 17.1 Å². The van der Waals surface area contributed by atoms with Crippen LogP contribution in [0.1, 0.15) is 16.8 Å². The number of aromatic nitrogens is 3. The number of nitriles is 1. The number of aryl methyl sites for hydroxylation is 1. The Labute approximate surface area is 163 Å². The number of allylic oxidation sites excluding steroid dienone is 1. The molecule has 1 aliphatic heterocycles. The van der Waals surface area contributed by atoms with Gasteiger partial charge in [-0.2, -0.15) is 5.26 Å². The highest BCUT2D eigenvalue weighted by atomic mass is 15.2. The number of para-hydroxylation sites is 2. The predicted octanol–water partition coefficient (Wildman–Crippen LogP) is 3.56. The van der Waals surface area contributed by atoms with E-state index in [2.05, 4.69) is 37.0 Å². The lowest BCUT2D eigenvalue weighted by Gasteiger charge is -2.10. The number of rotatable bonds is 5. The number of nitrogens with zero attached hydrogens (tertiary/aromatic N) is 4. The molecule has 4 rings (SSSR count). The van der Waals surface area contributed by atoms with Crippen molar-refractivity contribution in [1.29, 1.82) is 5.26 Å². The van der Waals surface area contributed by atoms with Crippen LogP contribution in [0.3, 0.4) is 0 Å². The number of hydrogen-bond acceptors (Lipinski definition) is 7. The third-order valence-corrected chi connectivity index (χ3v) is 4.44. The van der Waals surface area contributed by atoms with Gasteiger partial charge in [-0.3, -0.25) is 4.98 Å². The first-order valence-corrected chi connectivity index (χ1v) is 8.99. The van der Waals surface area contributed by atoms with Crippen LogP contribution in [0.4, 0.5) is 17.3 Å². The zero-order valence-electron chi connectivity index (χ0n) is 15.4. The molecule has 1 aromatic carbocycles. The Balaban J connectivity index is 1.55. The molecule has 7 heteroatoms. The molecule has 3 aromatic rings. The molecule has 138 valence electrons. The molecule has 0 unspecified atom stereocenters. The van der Waals surface area contributed by atoms with Crippen molar-refractivity contribution in [3.05, 3.63) is 77.6 Å². The van der Waals surface area contributed by atoms with Crippen molar-refractivity contribution in [2.75, 3.05) is 22.5 Å². The highest BCUT2D eigenvalue weighted by molar-refractivity contribution is 5.90. The number of nitrogens with one attached hydrogen (secondary N) is 3. The molecule has 0 amide bonds. The third-order valence-electron chi connectivity index (χ3n) is 4.44. The van der Waals surface area contributed by atoms with Crippen LogP contribution in [0.25, 0.3) is 5.57 Å². The number of anilines is 3. The molecule has 0 saturated carbocycles. The Hall–Kier alpha value is -3.92. The fourth-order valence-electron chi connectivity index (χ4n) is 3.00. The van der Waals surface area contributed by atoms with Gasteiger partial charge in [0.1, 0.15) is 17.5 Å². The van der Waals surface area contributed by atoms with Gasteiger partial charge in [0.2, 0.25) is 5.95 Å².